The van der Waals surface area contributed by atoms with Crippen LogP contribution in [0.1, 0.15) is 0 Å². The topological polar surface area (TPSA) is 46.9 Å². The van der Waals surface area contributed by atoms with Crippen molar-refractivity contribution in [3.8, 4) is 101 Å². The Morgan fingerprint density at radius 1 is 0.223 bits per heavy atom. The molecule has 0 unspecified atom stereocenters. The first-order chi connectivity index (χ1) is 46.2. The molecule has 0 spiro atoms. The van der Waals surface area contributed by atoms with Crippen LogP contribution in [0.3, 0.4) is 0 Å². The second kappa shape index (κ2) is 23.4. The van der Waals surface area contributed by atoms with Crippen molar-refractivity contribution in [2.24, 2.45) is 9.98 Å². The molecule has 94 heavy (non-hydrogen) atoms. The van der Waals surface area contributed by atoms with Crippen molar-refractivity contribution in [2.75, 3.05) is 19.6 Å². The Morgan fingerprint density at radius 2 is 0.489 bits per heavy atom. The number of para-hydroxylation sites is 8. The van der Waals surface area contributed by atoms with Crippen molar-refractivity contribution in [1.82, 2.24) is 0 Å². The van der Waals surface area contributed by atoms with Gasteiger partial charge in [-0.25, -0.2) is 9.98 Å². The quantitative estimate of drug-likeness (QED) is 0.128. The molecule has 444 valence electrons. The van der Waals surface area contributed by atoms with Gasteiger partial charge < -0.3 is 14.5 Å². The summed E-state index contributed by atoms with van der Waals surface area (Å²) in [5, 5.41) is 0. The Morgan fingerprint density at radius 3 is 0.840 bits per heavy atom. The van der Waals surface area contributed by atoms with Gasteiger partial charge >= 0.3 is 21.1 Å². The van der Waals surface area contributed by atoms with E-state index in [2.05, 4.69) is 335 Å². The molecule has 0 saturated carbocycles. The Kier molecular flexibility index (Phi) is 14.0. The molecule has 0 fully saturated rings. The number of rotatable bonds is 10. The summed E-state index contributed by atoms with van der Waals surface area (Å²) >= 11 is 0. The van der Waals surface area contributed by atoms with Crippen LogP contribution in [-0.4, -0.2) is 11.9 Å². The summed E-state index contributed by atoms with van der Waals surface area (Å²) in [6, 6.07) is 123. The molecule has 4 aliphatic rings. The number of ether oxygens (including phenoxy) is 1. The summed E-state index contributed by atoms with van der Waals surface area (Å²) in [6.07, 6.45) is 0. The number of nitrogens with zero attached hydrogens (tertiary/aromatic N) is 6. The first-order valence-corrected chi connectivity index (χ1v) is 31.4. The maximum absolute atomic E-state index is 7.00. The summed E-state index contributed by atoms with van der Waals surface area (Å²) in [4.78, 5) is 20.9. The smallest absolute Gasteiger partial charge is 0.509 e. The van der Waals surface area contributed by atoms with Gasteiger partial charge in [0.05, 0.1) is 45.5 Å². The Bertz CT molecular complexity index is 4900. The second-order valence-electron chi connectivity index (χ2n) is 23.4. The van der Waals surface area contributed by atoms with E-state index in [0.717, 1.165) is 158 Å². The summed E-state index contributed by atoms with van der Waals surface area (Å²) < 4.78 is 7.00. The maximum Gasteiger partial charge on any atom is 2.00 e. The first-order valence-electron chi connectivity index (χ1n) is 31.4. The van der Waals surface area contributed by atoms with E-state index in [1.807, 2.05) is 24.3 Å². The van der Waals surface area contributed by atoms with E-state index >= 15 is 0 Å². The van der Waals surface area contributed by atoms with E-state index in [-0.39, 0.29) is 21.1 Å². The van der Waals surface area contributed by atoms with Gasteiger partial charge in [-0.15, -0.1) is 36.4 Å². The molecular weight excluding hydrogens is 1330 g/mol. The fourth-order valence-corrected chi connectivity index (χ4v) is 14.1. The van der Waals surface area contributed by atoms with Gasteiger partial charge in [-0.1, -0.05) is 266 Å². The van der Waals surface area contributed by atoms with E-state index in [4.69, 9.17) is 14.7 Å². The van der Waals surface area contributed by atoms with Gasteiger partial charge in [-0.05, 0) is 92.0 Å². The number of fused-ring (bicyclic) bond motifs is 14. The Labute approximate surface area is 560 Å². The van der Waals surface area contributed by atoms with Crippen molar-refractivity contribution in [3.63, 3.8) is 0 Å². The summed E-state index contributed by atoms with van der Waals surface area (Å²) in [7, 11) is 0. The van der Waals surface area contributed by atoms with Gasteiger partial charge in [-0.2, -0.15) is 12.1 Å². The molecule has 14 aromatic carbocycles. The minimum Gasteiger partial charge on any atom is -0.509 e. The Balaban J connectivity index is 0.00000672. The number of hydrogen-bond donors (Lipinski definition) is 0. The van der Waals surface area contributed by atoms with Gasteiger partial charge in [0.25, 0.3) is 0 Å². The summed E-state index contributed by atoms with van der Waals surface area (Å²) in [5.41, 5.74) is 26.8. The van der Waals surface area contributed by atoms with E-state index in [0.29, 0.717) is 11.5 Å². The monoisotopic (exact) mass is 1380 g/mol. The average Bonchev–Trinajstić information content (AvgIpc) is 1.55. The molecule has 0 atom stereocenters. The van der Waals surface area contributed by atoms with Gasteiger partial charge in [0, 0.05) is 44.9 Å². The zero-order chi connectivity index (χ0) is 61.3. The molecule has 0 amide bonds. The van der Waals surface area contributed by atoms with Crippen molar-refractivity contribution >= 4 is 68.8 Å². The van der Waals surface area contributed by atoms with E-state index in [1.54, 1.807) is 0 Å². The molecule has 4 aliphatic heterocycles. The first kappa shape index (κ1) is 56.1. The fourth-order valence-electron chi connectivity index (χ4n) is 14.1. The molecule has 14 aromatic rings. The molecule has 18 rings (SSSR count). The van der Waals surface area contributed by atoms with E-state index in [1.165, 1.54) is 0 Å². The average molecular weight is 1380 g/mol. The minimum atomic E-state index is 0. The van der Waals surface area contributed by atoms with Crippen LogP contribution in [0, 0.1) is 12.1 Å². The predicted molar refractivity (Wildman–Crippen MR) is 383 cm³/mol. The van der Waals surface area contributed by atoms with Crippen molar-refractivity contribution < 1.29 is 25.8 Å². The van der Waals surface area contributed by atoms with E-state index < -0.39 is 0 Å². The van der Waals surface area contributed by atoms with Crippen molar-refractivity contribution in [1.29, 1.82) is 0 Å². The van der Waals surface area contributed by atoms with Gasteiger partial charge in [0.15, 0.2) is 0 Å². The van der Waals surface area contributed by atoms with Gasteiger partial charge in [0.2, 0.25) is 11.9 Å². The van der Waals surface area contributed by atoms with Crippen LogP contribution in [0.25, 0.3) is 89.0 Å². The zero-order valence-corrected chi connectivity index (χ0v) is 52.9. The summed E-state index contributed by atoms with van der Waals surface area (Å²) in [6.45, 7) is 0. The Hall–Kier alpha value is -11.9. The minimum absolute atomic E-state index is 0. The van der Waals surface area contributed by atoms with Crippen LogP contribution in [-0.2, 0) is 21.1 Å². The summed E-state index contributed by atoms with van der Waals surface area (Å²) in [5.74, 6) is 2.49. The van der Waals surface area contributed by atoms with E-state index in [9.17, 15) is 0 Å². The second-order valence-corrected chi connectivity index (χ2v) is 23.4. The molecule has 0 radical (unpaired) electrons. The molecule has 0 aromatic heterocycles. The third-order valence-corrected chi connectivity index (χ3v) is 18.1. The van der Waals surface area contributed by atoms with Crippen molar-refractivity contribution in [2.45, 2.75) is 0 Å². The van der Waals surface area contributed by atoms with Gasteiger partial charge in [-0.3, -0.25) is 9.80 Å². The SMILES string of the molecule is [Pt+2].[c-]1c(Oc2[c-]c(N3C4=Nc5c(cccc5-c5c(-c6ccccc6)cccc5-c5ccccc5)-c5ccccc5N4c4ccccc43)ccc2)cccc1N1C2=Nc3c(cccc3-c3c(-c4ccccc4)cccc3-c3ccccc3)-c3ccccc3N2c2ccccc21. The molecule has 7 nitrogen and oxygen atoms in total. The third kappa shape index (κ3) is 9.31. The molecule has 8 heteroatoms. The number of benzene rings is 14. The van der Waals surface area contributed by atoms with Crippen LogP contribution in [0.5, 0.6) is 11.5 Å². The number of aliphatic imine (C=N–C) groups is 2. The maximum atomic E-state index is 7.00. The zero-order valence-electron chi connectivity index (χ0n) is 50.6. The van der Waals surface area contributed by atoms with Crippen LogP contribution >= 0.6 is 0 Å². The van der Waals surface area contributed by atoms with Crippen molar-refractivity contribution in [3.05, 3.63) is 340 Å². The predicted octanol–water partition coefficient (Wildman–Crippen LogP) is 23.0. The number of anilines is 8. The molecule has 0 aliphatic carbocycles. The number of guanidine groups is 2. The van der Waals surface area contributed by atoms with Crippen LogP contribution in [0.15, 0.2) is 338 Å². The van der Waals surface area contributed by atoms with Crippen LogP contribution < -0.4 is 24.3 Å². The van der Waals surface area contributed by atoms with Crippen LogP contribution in [0.2, 0.25) is 0 Å². The normalized spacial score (nSPS) is 12.9. The van der Waals surface area contributed by atoms with Crippen LogP contribution in [0.4, 0.5) is 56.9 Å². The molecular formula is C86H54N6OPt. The molecule has 0 bridgehead atoms. The van der Waals surface area contributed by atoms with Gasteiger partial charge in [0.1, 0.15) is 0 Å². The molecule has 0 N–H and O–H groups in total. The third-order valence-electron chi connectivity index (χ3n) is 18.1. The fraction of sp³-hybridized carbons (Fsp3) is 0. The molecule has 0 saturated heterocycles. The standard InChI is InChI=1S/C86H54N6O.Pt/c1-5-27-57(28-6-1)65-41-23-42-66(58-29-7-2-8-30-58)81(65)73-47-25-45-71-69-39-13-15-49-75(69)91-79-53-19-17-51-77(79)89(85(91)87-83(71)73)61-35-21-37-63(55-61)93-64-38-22-36-62(56-64)90-78-52-18-20-54-80(78)92-76-50-16-14-40-70(76)72-46-26-48-74(84(72)88-86(90)92)82-67(59-31-9-3-10-32-59)43-24-44-68(82)60-33-11-4-12-34-60;/h1-54H;/q-2;+2. The largest absolute Gasteiger partial charge is 2.00 e. The number of hydrogen-bond acceptors (Lipinski definition) is 7. The molecule has 4 heterocycles.